The number of carbonyl (C=O) groups is 1. The quantitative estimate of drug-likeness (QED) is 0.218. The third kappa shape index (κ3) is 11.7. The van der Waals surface area contributed by atoms with Crippen LogP contribution < -0.4 is 15.8 Å². The van der Waals surface area contributed by atoms with Gasteiger partial charge in [-0.05, 0) is 81.0 Å². The Morgan fingerprint density at radius 2 is 1.97 bits per heavy atom. The molecule has 1 aliphatic rings. The van der Waals surface area contributed by atoms with Crippen molar-refractivity contribution in [3.8, 4) is 5.75 Å². The van der Waals surface area contributed by atoms with Gasteiger partial charge in [0.1, 0.15) is 5.75 Å². The molecule has 2 rings (SSSR count). The minimum Gasteiger partial charge on any atom is -0.494 e. The lowest BCUT2D eigenvalue weighted by Gasteiger charge is -2.27. The number of rotatable bonds is 10. The minimum atomic E-state index is -3.14. The Morgan fingerprint density at radius 1 is 1.34 bits per heavy atom. The number of carbonyl (C=O) groups excluding carboxylic acids is 1. The molecule has 1 saturated heterocycles. The van der Waals surface area contributed by atoms with Crippen LogP contribution in [0, 0.1) is 23.7 Å². The van der Waals surface area contributed by atoms with Gasteiger partial charge in [0, 0.05) is 32.1 Å². The number of aliphatic imine (C=N–C) groups is 1. The molecule has 10 heteroatoms. The Labute approximate surface area is 207 Å². The summed E-state index contributed by atoms with van der Waals surface area (Å²) in [4.78, 5) is 15.1. The van der Waals surface area contributed by atoms with Crippen LogP contribution in [0.15, 0.2) is 23.2 Å². The number of piperidine rings is 1. The average molecular weight is 498 g/mol. The zero-order chi connectivity index (χ0) is 26.6. The van der Waals surface area contributed by atoms with Gasteiger partial charge in [0.15, 0.2) is 5.84 Å². The fourth-order valence-corrected chi connectivity index (χ4v) is 3.38. The fourth-order valence-electron chi connectivity index (χ4n) is 3.38. The van der Waals surface area contributed by atoms with Crippen LogP contribution in [0.25, 0.3) is 0 Å². The Kier molecular flexibility index (Phi) is 12.4. The first-order valence-corrected chi connectivity index (χ1v) is 11.9. The van der Waals surface area contributed by atoms with Gasteiger partial charge < -0.3 is 21.0 Å². The van der Waals surface area contributed by atoms with Crippen molar-refractivity contribution in [2.24, 2.45) is 22.1 Å². The lowest BCUT2D eigenvalue weighted by Crippen LogP contribution is -2.38. The molecule has 0 saturated carbocycles. The van der Waals surface area contributed by atoms with Gasteiger partial charge in [0.25, 0.3) is 5.91 Å². The van der Waals surface area contributed by atoms with Crippen LogP contribution in [-0.2, 0) is 0 Å². The number of benzene rings is 1. The van der Waals surface area contributed by atoms with Crippen molar-refractivity contribution in [3.63, 3.8) is 0 Å². The van der Waals surface area contributed by atoms with Crippen molar-refractivity contribution < 1.29 is 23.5 Å². The number of hydrogen-bond acceptors (Lipinski definition) is 6. The number of amidine groups is 1. The molecule has 1 amide bonds. The topological polar surface area (TPSA) is 124 Å². The number of hydroxylamine groups is 2. The largest absolute Gasteiger partial charge is 0.494 e. The predicted octanol–water partition coefficient (Wildman–Crippen LogP) is 4.29. The number of hydrogen-bond donors (Lipinski definition) is 4. The highest BCUT2D eigenvalue weighted by Gasteiger charge is 2.26. The normalized spacial score (nSPS) is 15.1. The smallest absolute Gasteiger partial charge is 0.303 e. The highest BCUT2D eigenvalue weighted by atomic mass is 19.3. The molecule has 1 fully saturated rings. The number of ether oxygens (including phenoxy) is 1. The molecule has 0 aliphatic carbocycles. The molecule has 1 heterocycles. The minimum absolute atomic E-state index is 0.0733. The summed E-state index contributed by atoms with van der Waals surface area (Å²) in [5.74, 6) is -2.71. The zero-order valence-corrected chi connectivity index (χ0v) is 21.4. The van der Waals surface area contributed by atoms with Crippen molar-refractivity contribution >= 4 is 18.5 Å². The van der Waals surface area contributed by atoms with Crippen LogP contribution >= 0.6 is 0 Å². The maximum atomic E-state index is 12.4. The first-order valence-electron chi connectivity index (χ1n) is 11.9. The van der Waals surface area contributed by atoms with Crippen LogP contribution in [0.2, 0.25) is 0 Å². The molecule has 35 heavy (non-hydrogen) atoms. The number of nitrogens with one attached hydrogen (secondary N) is 2. The fraction of sp³-hybridized carbons (Fsp3) is 0.640. The van der Waals surface area contributed by atoms with Crippen molar-refractivity contribution in [2.75, 3.05) is 32.8 Å². The van der Waals surface area contributed by atoms with E-state index in [1.165, 1.54) is 5.06 Å². The molecule has 0 atom stereocenters. The van der Waals surface area contributed by atoms with Crippen molar-refractivity contribution in [3.05, 3.63) is 29.3 Å². The Hall–Kier alpha value is -2.43. The van der Waals surface area contributed by atoms with E-state index in [9.17, 15) is 18.8 Å². The number of nitrogens with zero attached hydrogens (tertiary/aromatic N) is 2. The van der Waals surface area contributed by atoms with E-state index in [4.69, 9.17) is 15.9 Å². The monoisotopic (exact) mass is 497 g/mol. The number of alkyl halides is 2. The summed E-state index contributed by atoms with van der Waals surface area (Å²) < 4.78 is 29.4. The molecular weight excluding hydrogens is 456 g/mol. The van der Waals surface area contributed by atoms with Crippen LogP contribution in [-0.4, -0.2) is 67.4 Å². The van der Waals surface area contributed by atoms with Crippen molar-refractivity contribution in [2.45, 2.75) is 59.3 Å². The number of amides is 1. The standard InChI is InChI=1S/C21H35N3O3.C4H6F2N2/c1-16-13-18(27-12-4-5-17-8-10-24(26)11-9-17)6-7-19(16)20(25)23-15-21(2,3)14-22;1-4(5,6)3(7)8-2/h6-7,13,17,26H,4-5,8-12,14-15,22H2,1-3H3,(H,23,25);7H,2H2,1H3. The predicted molar refractivity (Wildman–Crippen MR) is 135 cm³/mol. The first kappa shape index (κ1) is 30.6. The van der Waals surface area contributed by atoms with Gasteiger partial charge in [-0.1, -0.05) is 13.8 Å². The molecule has 0 spiro atoms. The molecule has 0 unspecified atom stereocenters. The SMILES string of the molecule is C=NC(=N)C(C)(F)F.Cc1cc(OCCCC2CCN(O)CC2)ccc1C(=O)NCC(C)(C)CN. The molecule has 0 radical (unpaired) electrons. The molecule has 1 aromatic rings. The summed E-state index contributed by atoms with van der Waals surface area (Å²) in [6.45, 7) is 12.7. The molecule has 1 aliphatic heterocycles. The van der Waals surface area contributed by atoms with Crippen molar-refractivity contribution in [1.82, 2.24) is 10.4 Å². The second-order valence-corrected chi connectivity index (χ2v) is 9.81. The Balaban J connectivity index is 0.000000658. The molecule has 1 aromatic carbocycles. The van der Waals surface area contributed by atoms with Crippen molar-refractivity contribution in [1.29, 1.82) is 5.41 Å². The van der Waals surface area contributed by atoms with E-state index >= 15 is 0 Å². The van der Waals surface area contributed by atoms with E-state index in [1.54, 1.807) is 0 Å². The average Bonchev–Trinajstić information content (AvgIpc) is 2.81. The summed E-state index contributed by atoms with van der Waals surface area (Å²) in [5, 5.41) is 20.2. The highest BCUT2D eigenvalue weighted by Crippen LogP contribution is 2.22. The maximum absolute atomic E-state index is 12.4. The van der Waals surface area contributed by atoms with Gasteiger partial charge in [0.2, 0.25) is 0 Å². The van der Waals surface area contributed by atoms with Crippen LogP contribution in [0.1, 0.15) is 62.4 Å². The van der Waals surface area contributed by atoms with E-state index in [0.29, 0.717) is 38.1 Å². The van der Waals surface area contributed by atoms with Gasteiger partial charge in [-0.3, -0.25) is 10.2 Å². The van der Waals surface area contributed by atoms with E-state index in [2.05, 4.69) is 17.0 Å². The first-order chi connectivity index (χ1) is 16.3. The maximum Gasteiger partial charge on any atom is 0.303 e. The molecule has 198 valence electrons. The Morgan fingerprint density at radius 3 is 2.46 bits per heavy atom. The number of nitrogens with two attached hydrogens (primary N) is 1. The van der Waals surface area contributed by atoms with Gasteiger partial charge in [-0.15, -0.1) is 0 Å². The van der Waals surface area contributed by atoms with E-state index < -0.39 is 11.8 Å². The Bertz CT molecular complexity index is 835. The molecular formula is C25H41F2N5O3. The molecule has 5 N–H and O–H groups in total. The number of halogens is 2. The summed E-state index contributed by atoms with van der Waals surface area (Å²) in [6.07, 6.45) is 4.25. The summed E-state index contributed by atoms with van der Waals surface area (Å²) in [6, 6.07) is 5.61. The third-order valence-corrected chi connectivity index (χ3v) is 5.91. The number of aryl methyl sites for hydroxylation is 1. The molecule has 8 nitrogen and oxygen atoms in total. The van der Waals surface area contributed by atoms with Gasteiger partial charge in [-0.25, -0.2) is 4.99 Å². The molecule has 0 aromatic heterocycles. The van der Waals surface area contributed by atoms with E-state index in [-0.39, 0.29) is 11.3 Å². The second-order valence-electron chi connectivity index (χ2n) is 9.81. The summed E-state index contributed by atoms with van der Waals surface area (Å²) in [5.41, 5.74) is 7.18. The lowest BCUT2D eigenvalue weighted by molar-refractivity contribution is -0.112. The second kappa shape index (κ2) is 14.2. The lowest BCUT2D eigenvalue weighted by atomic mass is 9.93. The van der Waals surface area contributed by atoms with Gasteiger partial charge >= 0.3 is 5.92 Å². The summed E-state index contributed by atoms with van der Waals surface area (Å²) in [7, 11) is 0. The third-order valence-electron chi connectivity index (χ3n) is 5.91. The summed E-state index contributed by atoms with van der Waals surface area (Å²) >= 11 is 0. The van der Waals surface area contributed by atoms with Gasteiger partial charge in [-0.2, -0.15) is 13.8 Å². The highest BCUT2D eigenvalue weighted by molar-refractivity contribution is 5.95. The van der Waals surface area contributed by atoms with E-state index in [1.807, 2.05) is 39.0 Å². The molecule has 0 bridgehead atoms. The van der Waals surface area contributed by atoms with Crippen LogP contribution in [0.4, 0.5) is 8.78 Å². The van der Waals surface area contributed by atoms with Crippen LogP contribution in [0.3, 0.4) is 0 Å². The van der Waals surface area contributed by atoms with Crippen LogP contribution in [0.5, 0.6) is 5.75 Å². The zero-order valence-electron chi connectivity index (χ0n) is 21.4. The van der Waals surface area contributed by atoms with Gasteiger partial charge in [0.05, 0.1) is 6.61 Å². The van der Waals surface area contributed by atoms with E-state index in [0.717, 1.165) is 50.1 Å².